The summed E-state index contributed by atoms with van der Waals surface area (Å²) in [4.78, 5) is 13.6. The van der Waals surface area contributed by atoms with Gasteiger partial charge in [0.2, 0.25) is 5.95 Å². The van der Waals surface area contributed by atoms with E-state index in [0.29, 0.717) is 6.04 Å². The van der Waals surface area contributed by atoms with Gasteiger partial charge in [0, 0.05) is 45.1 Å². The molecule has 0 radical (unpaired) electrons. The molecule has 0 bridgehead atoms. The van der Waals surface area contributed by atoms with Gasteiger partial charge in [-0.3, -0.25) is 9.58 Å². The summed E-state index contributed by atoms with van der Waals surface area (Å²) in [5, 5.41) is 4.46. The van der Waals surface area contributed by atoms with Crippen molar-refractivity contribution in [1.29, 1.82) is 0 Å². The number of aryl methyl sites for hydroxylation is 1. The fraction of sp³-hybridized carbons (Fsp3) is 0.611. The van der Waals surface area contributed by atoms with Gasteiger partial charge in [0.1, 0.15) is 0 Å². The van der Waals surface area contributed by atoms with Gasteiger partial charge in [-0.05, 0) is 31.9 Å². The van der Waals surface area contributed by atoms with Crippen LogP contribution in [0, 0.1) is 0 Å². The first-order chi connectivity index (χ1) is 11.7. The van der Waals surface area contributed by atoms with Crippen LogP contribution in [0.5, 0.6) is 0 Å². The van der Waals surface area contributed by atoms with Crippen LogP contribution in [0.4, 0.5) is 5.95 Å². The highest BCUT2D eigenvalue weighted by Crippen LogP contribution is 2.31. The Kier molecular flexibility index (Phi) is 5.45. The van der Waals surface area contributed by atoms with E-state index >= 15 is 0 Å². The number of piperidine rings is 1. The highest BCUT2D eigenvalue weighted by atomic mass is 15.3. The number of nitrogens with zero attached hydrogens (tertiary/aromatic N) is 6. The standard InChI is InChI=1S/C18H28N6/c1-4-10-24-14-15(12-20-24)13-23-11-6-5-7-17(23)16-8-9-19-18(21-16)22(2)3/h8-9,12,14,17H,4-7,10-11,13H2,1-3H3. The summed E-state index contributed by atoms with van der Waals surface area (Å²) in [7, 11) is 3.97. The van der Waals surface area contributed by atoms with E-state index in [2.05, 4.69) is 34.2 Å². The summed E-state index contributed by atoms with van der Waals surface area (Å²) >= 11 is 0. The van der Waals surface area contributed by atoms with Crippen molar-refractivity contribution in [3.05, 3.63) is 35.9 Å². The van der Waals surface area contributed by atoms with Crippen LogP contribution >= 0.6 is 0 Å². The topological polar surface area (TPSA) is 50.1 Å². The predicted octanol–water partition coefficient (Wildman–Crippen LogP) is 2.88. The molecule has 1 saturated heterocycles. The van der Waals surface area contributed by atoms with Crippen LogP contribution in [0.1, 0.15) is 49.9 Å². The van der Waals surface area contributed by atoms with Crippen LogP contribution in [0.15, 0.2) is 24.7 Å². The van der Waals surface area contributed by atoms with Gasteiger partial charge >= 0.3 is 0 Å². The molecule has 1 aliphatic rings. The highest BCUT2D eigenvalue weighted by molar-refractivity contribution is 5.28. The van der Waals surface area contributed by atoms with Crippen molar-refractivity contribution >= 4 is 5.95 Å². The first-order valence-corrected chi connectivity index (χ1v) is 8.93. The Hall–Kier alpha value is -1.95. The van der Waals surface area contributed by atoms with Gasteiger partial charge in [-0.2, -0.15) is 5.10 Å². The first kappa shape index (κ1) is 16.9. The number of likely N-dealkylation sites (tertiary alicyclic amines) is 1. The first-order valence-electron chi connectivity index (χ1n) is 8.93. The fourth-order valence-corrected chi connectivity index (χ4v) is 3.35. The molecule has 3 rings (SSSR count). The molecule has 1 fully saturated rings. The van der Waals surface area contributed by atoms with E-state index in [0.717, 1.165) is 44.1 Å². The van der Waals surface area contributed by atoms with Gasteiger partial charge in [0.25, 0.3) is 0 Å². The Morgan fingerprint density at radius 1 is 1.29 bits per heavy atom. The molecule has 3 heterocycles. The van der Waals surface area contributed by atoms with Crippen LogP contribution in [0.2, 0.25) is 0 Å². The van der Waals surface area contributed by atoms with Crippen LogP contribution in [-0.4, -0.2) is 45.3 Å². The number of hydrogen-bond acceptors (Lipinski definition) is 5. The summed E-state index contributed by atoms with van der Waals surface area (Å²) in [5.74, 6) is 0.786. The Balaban J connectivity index is 1.76. The lowest BCUT2D eigenvalue weighted by Gasteiger charge is -2.35. The second-order valence-corrected chi connectivity index (χ2v) is 6.77. The maximum Gasteiger partial charge on any atom is 0.225 e. The SMILES string of the molecule is CCCn1cc(CN2CCCCC2c2ccnc(N(C)C)n2)cn1. The van der Waals surface area contributed by atoms with Gasteiger partial charge in [-0.25, -0.2) is 9.97 Å². The van der Waals surface area contributed by atoms with E-state index in [-0.39, 0.29) is 0 Å². The number of aromatic nitrogens is 4. The van der Waals surface area contributed by atoms with Gasteiger partial charge in [-0.15, -0.1) is 0 Å². The fourth-order valence-electron chi connectivity index (χ4n) is 3.35. The number of rotatable bonds is 6. The van der Waals surface area contributed by atoms with Crippen LogP contribution < -0.4 is 4.90 Å². The van der Waals surface area contributed by atoms with Gasteiger partial charge in [0.15, 0.2) is 0 Å². The third kappa shape index (κ3) is 3.93. The maximum atomic E-state index is 4.77. The number of anilines is 1. The quantitative estimate of drug-likeness (QED) is 0.816. The molecule has 1 unspecified atom stereocenters. The minimum absolute atomic E-state index is 0.370. The van der Waals surface area contributed by atoms with Gasteiger partial charge in [-0.1, -0.05) is 13.3 Å². The molecule has 0 spiro atoms. The van der Waals surface area contributed by atoms with E-state index in [1.54, 1.807) is 0 Å². The minimum Gasteiger partial charge on any atom is -0.347 e. The van der Waals surface area contributed by atoms with Gasteiger partial charge < -0.3 is 4.90 Å². The average molecular weight is 328 g/mol. The van der Waals surface area contributed by atoms with Gasteiger partial charge in [0.05, 0.1) is 17.9 Å². The third-order valence-electron chi connectivity index (χ3n) is 4.54. The van der Waals surface area contributed by atoms with Crippen molar-refractivity contribution in [1.82, 2.24) is 24.6 Å². The highest BCUT2D eigenvalue weighted by Gasteiger charge is 2.26. The van der Waals surface area contributed by atoms with Crippen molar-refractivity contribution < 1.29 is 0 Å². The Morgan fingerprint density at radius 2 is 2.17 bits per heavy atom. The van der Waals surface area contributed by atoms with Crippen molar-refractivity contribution in [2.45, 2.75) is 51.7 Å². The molecule has 24 heavy (non-hydrogen) atoms. The largest absolute Gasteiger partial charge is 0.347 e. The predicted molar refractivity (Wildman–Crippen MR) is 95.9 cm³/mol. The van der Waals surface area contributed by atoms with Crippen molar-refractivity contribution in [3.63, 3.8) is 0 Å². The molecule has 1 aliphatic heterocycles. The minimum atomic E-state index is 0.370. The van der Waals surface area contributed by atoms with E-state index in [1.807, 2.05) is 36.1 Å². The Bertz CT molecular complexity index is 650. The van der Waals surface area contributed by atoms with Crippen LogP contribution in [0.3, 0.4) is 0 Å². The second kappa shape index (κ2) is 7.75. The van der Waals surface area contributed by atoms with Crippen molar-refractivity contribution in [2.24, 2.45) is 0 Å². The molecule has 0 saturated carbocycles. The Morgan fingerprint density at radius 3 is 2.96 bits per heavy atom. The summed E-state index contributed by atoms with van der Waals surface area (Å²) in [6.07, 6.45) is 10.9. The molecular formula is C18H28N6. The zero-order valence-electron chi connectivity index (χ0n) is 15.0. The lowest BCUT2D eigenvalue weighted by molar-refractivity contribution is 0.137. The second-order valence-electron chi connectivity index (χ2n) is 6.77. The molecule has 0 aliphatic carbocycles. The van der Waals surface area contributed by atoms with E-state index < -0.39 is 0 Å². The lowest BCUT2D eigenvalue weighted by atomic mass is 9.98. The van der Waals surface area contributed by atoms with E-state index in [9.17, 15) is 0 Å². The van der Waals surface area contributed by atoms with Crippen LogP contribution in [0.25, 0.3) is 0 Å². The molecule has 0 aromatic carbocycles. The van der Waals surface area contributed by atoms with Crippen molar-refractivity contribution in [3.8, 4) is 0 Å². The summed E-state index contributed by atoms with van der Waals surface area (Å²) in [6, 6.07) is 2.44. The third-order valence-corrected chi connectivity index (χ3v) is 4.54. The monoisotopic (exact) mass is 328 g/mol. The summed E-state index contributed by atoms with van der Waals surface area (Å²) < 4.78 is 2.04. The zero-order valence-corrected chi connectivity index (χ0v) is 15.0. The molecular weight excluding hydrogens is 300 g/mol. The molecule has 0 N–H and O–H groups in total. The normalized spacial score (nSPS) is 18.7. The van der Waals surface area contributed by atoms with E-state index in [1.165, 1.54) is 18.4 Å². The molecule has 2 aromatic rings. The molecule has 0 amide bonds. The molecule has 2 aromatic heterocycles. The zero-order chi connectivity index (χ0) is 16.9. The van der Waals surface area contributed by atoms with Crippen LogP contribution in [-0.2, 0) is 13.1 Å². The average Bonchev–Trinajstić information content (AvgIpc) is 3.03. The van der Waals surface area contributed by atoms with Crippen molar-refractivity contribution in [2.75, 3.05) is 25.5 Å². The summed E-state index contributed by atoms with van der Waals surface area (Å²) in [6.45, 7) is 5.22. The number of hydrogen-bond donors (Lipinski definition) is 0. The molecule has 130 valence electrons. The maximum absolute atomic E-state index is 4.77. The molecule has 6 heteroatoms. The Labute approximate surface area is 144 Å². The summed E-state index contributed by atoms with van der Waals surface area (Å²) in [5.41, 5.74) is 2.42. The molecule has 6 nitrogen and oxygen atoms in total. The molecule has 1 atom stereocenters. The van der Waals surface area contributed by atoms with E-state index in [4.69, 9.17) is 4.98 Å². The lowest BCUT2D eigenvalue weighted by Crippen LogP contribution is -2.33. The smallest absolute Gasteiger partial charge is 0.225 e.